The summed E-state index contributed by atoms with van der Waals surface area (Å²) in [6, 6.07) is 4.70. The second kappa shape index (κ2) is 5.19. The number of anilines is 2. The highest BCUT2D eigenvalue weighted by molar-refractivity contribution is 9.10. The minimum absolute atomic E-state index is 0.00552. The number of aryl methyl sites for hydroxylation is 1. The largest absolute Gasteiger partial charge is 0.339 e. The third-order valence-electron chi connectivity index (χ3n) is 2.47. The minimum atomic E-state index is -0.458. The van der Waals surface area contributed by atoms with Crippen molar-refractivity contribution in [3.05, 3.63) is 55.0 Å². The molecule has 0 atom stereocenters. The van der Waals surface area contributed by atoms with Crippen molar-refractivity contribution >= 4 is 33.1 Å². The minimum Gasteiger partial charge on any atom is -0.339 e. The summed E-state index contributed by atoms with van der Waals surface area (Å²) in [4.78, 5) is 28.1. The van der Waals surface area contributed by atoms with Crippen molar-refractivity contribution in [3.63, 3.8) is 0 Å². The van der Waals surface area contributed by atoms with Gasteiger partial charge in [-0.1, -0.05) is 6.07 Å². The van der Waals surface area contributed by atoms with E-state index in [1.165, 1.54) is 12.4 Å². The molecule has 2 rings (SSSR count). The monoisotopic (exact) mass is 324 g/mol. The van der Waals surface area contributed by atoms with Gasteiger partial charge in [-0.05, 0) is 28.9 Å². The molecule has 0 aliphatic heterocycles. The van der Waals surface area contributed by atoms with E-state index in [-0.39, 0.29) is 15.7 Å². The first-order chi connectivity index (χ1) is 8.99. The molecule has 0 aliphatic carbocycles. The molecule has 0 saturated carbocycles. The summed E-state index contributed by atoms with van der Waals surface area (Å²) in [5.41, 5.74) is 0.717. The first kappa shape index (κ1) is 13.2. The van der Waals surface area contributed by atoms with Crippen LogP contribution in [0.2, 0.25) is 0 Å². The van der Waals surface area contributed by atoms with Crippen molar-refractivity contribution in [1.82, 2.24) is 9.97 Å². The molecule has 1 aromatic heterocycles. The van der Waals surface area contributed by atoms with Crippen LogP contribution in [0.25, 0.3) is 0 Å². The zero-order chi connectivity index (χ0) is 14.0. The topological polar surface area (TPSA) is 101 Å². The fraction of sp³-hybridized carbons (Fsp3) is 0.0909. The van der Waals surface area contributed by atoms with Crippen molar-refractivity contribution < 1.29 is 4.92 Å². The number of nitrogens with one attached hydrogen (secondary N) is 2. The summed E-state index contributed by atoms with van der Waals surface area (Å²) in [5.74, 6) is 0.293. The predicted molar refractivity (Wildman–Crippen MR) is 73.7 cm³/mol. The van der Waals surface area contributed by atoms with Crippen LogP contribution in [0.4, 0.5) is 17.2 Å². The molecule has 0 saturated heterocycles. The van der Waals surface area contributed by atoms with Gasteiger partial charge in [-0.15, -0.1) is 0 Å². The molecule has 19 heavy (non-hydrogen) atoms. The number of nitro benzene ring substituents is 1. The van der Waals surface area contributed by atoms with Crippen LogP contribution < -0.4 is 10.9 Å². The maximum Gasteiger partial charge on any atom is 0.274 e. The van der Waals surface area contributed by atoms with Crippen LogP contribution in [0.15, 0.2) is 33.8 Å². The highest BCUT2D eigenvalue weighted by Crippen LogP contribution is 2.25. The normalized spacial score (nSPS) is 10.2. The number of benzene rings is 1. The molecule has 0 spiro atoms. The van der Waals surface area contributed by atoms with Gasteiger partial charge in [0.05, 0.1) is 11.3 Å². The van der Waals surface area contributed by atoms with Crippen LogP contribution >= 0.6 is 15.9 Å². The Bertz CT molecular complexity index is 699. The van der Waals surface area contributed by atoms with Gasteiger partial charge in [-0.3, -0.25) is 14.9 Å². The van der Waals surface area contributed by atoms with E-state index >= 15 is 0 Å². The number of hydrogen-bond donors (Lipinski definition) is 2. The van der Waals surface area contributed by atoms with E-state index < -0.39 is 4.92 Å². The van der Waals surface area contributed by atoms with Gasteiger partial charge >= 0.3 is 0 Å². The molecular formula is C11H9BrN4O3. The van der Waals surface area contributed by atoms with E-state index in [0.717, 1.165) is 0 Å². The van der Waals surface area contributed by atoms with Crippen LogP contribution in [0.3, 0.4) is 0 Å². The van der Waals surface area contributed by atoms with E-state index in [4.69, 9.17) is 0 Å². The Kier molecular flexibility index (Phi) is 3.61. The second-order valence-electron chi connectivity index (χ2n) is 3.78. The summed E-state index contributed by atoms with van der Waals surface area (Å²) in [5, 5.41) is 13.7. The Hall–Kier alpha value is -2.22. The van der Waals surface area contributed by atoms with Gasteiger partial charge < -0.3 is 10.3 Å². The summed E-state index contributed by atoms with van der Waals surface area (Å²) >= 11 is 3.10. The van der Waals surface area contributed by atoms with E-state index in [1.807, 2.05) is 0 Å². The highest BCUT2D eigenvalue weighted by atomic mass is 79.9. The zero-order valence-corrected chi connectivity index (χ0v) is 11.4. The van der Waals surface area contributed by atoms with E-state index in [1.54, 1.807) is 19.1 Å². The van der Waals surface area contributed by atoms with Gasteiger partial charge in [0.1, 0.15) is 4.47 Å². The number of hydrogen-bond acceptors (Lipinski definition) is 5. The molecule has 1 heterocycles. The molecular weight excluding hydrogens is 316 g/mol. The van der Waals surface area contributed by atoms with Gasteiger partial charge in [0.15, 0.2) is 5.82 Å². The molecule has 1 aromatic carbocycles. The zero-order valence-electron chi connectivity index (χ0n) is 9.81. The van der Waals surface area contributed by atoms with Gasteiger partial charge in [-0.2, -0.15) is 0 Å². The van der Waals surface area contributed by atoms with E-state index in [9.17, 15) is 14.9 Å². The molecule has 2 N–H and O–H groups in total. The first-order valence-corrected chi connectivity index (χ1v) is 6.03. The average Bonchev–Trinajstić information content (AvgIpc) is 2.37. The lowest BCUT2D eigenvalue weighted by Crippen LogP contribution is -2.10. The van der Waals surface area contributed by atoms with Crippen LogP contribution in [-0.4, -0.2) is 14.9 Å². The summed E-state index contributed by atoms with van der Waals surface area (Å²) in [7, 11) is 0. The third-order valence-corrected chi connectivity index (χ3v) is 3.20. The number of halogens is 1. The lowest BCUT2D eigenvalue weighted by Gasteiger charge is -2.07. The number of nitrogens with zero attached hydrogens (tertiary/aromatic N) is 2. The van der Waals surface area contributed by atoms with Crippen molar-refractivity contribution in [3.8, 4) is 0 Å². The molecule has 0 bridgehead atoms. The number of aromatic nitrogens is 2. The van der Waals surface area contributed by atoms with Crippen molar-refractivity contribution in [2.45, 2.75) is 6.92 Å². The van der Waals surface area contributed by atoms with Crippen LogP contribution in [-0.2, 0) is 0 Å². The number of H-pyrrole nitrogens is 1. The first-order valence-electron chi connectivity index (χ1n) is 5.24. The van der Waals surface area contributed by atoms with Crippen LogP contribution in [0.1, 0.15) is 5.56 Å². The maximum atomic E-state index is 11.4. The highest BCUT2D eigenvalue weighted by Gasteiger charge is 2.12. The molecule has 0 amide bonds. The van der Waals surface area contributed by atoms with Crippen molar-refractivity contribution in [2.75, 3.05) is 5.32 Å². The number of nitro groups is 1. The quantitative estimate of drug-likeness (QED) is 0.667. The van der Waals surface area contributed by atoms with Gasteiger partial charge in [-0.25, -0.2) is 4.98 Å². The Labute approximate surface area is 116 Å². The Balaban J connectivity index is 2.39. The van der Waals surface area contributed by atoms with Gasteiger partial charge in [0, 0.05) is 17.3 Å². The Morgan fingerprint density at radius 1 is 1.47 bits per heavy atom. The Morgan fingerprint density at radius 3 is 2.89 bits per heavy atom. The summed E-state index contributed by atoms with van der Waals surface area (Å²) in [6.45, 7) is 1.66. The average molecular weight is 325 g/mol. The van der Waals surface area contributed by atoms with Crippen molar-refractivity contribution in [1.29, 1.82) is 0 Å². The maximum absolute atomic E-state index is 11.4. The molecule has 2 aromatic rings. The second-order valence-corrected chi connectivity index (χ2v) is 4.57. The van der Waals surface area contributed by atoms with Crippen molar-refractivity contribution in [2.24, 2.45) is 0 Å². The molecule has 98 valence electrons. The van der Waals surface area contributed by atoms with E-state index in [0.29, 0.717) is 17.1 Å². The fourth-order valence-corrected chi connectivity index (χ4v) is 1.81. The molecule has 0 aliphatic rings. The number of rotatable bonds is 3. The van der Waals surface area contributed by atoms with Gasteiger partial charge in [0.25, 0.3) is 11.2 Å². The summed E-state index contributed by atoms with van der Waals surface area (Å²) in [6.07, 6.45) is 1.25. The molecule has 8 heteroatoms. The molecule has 0 radical (unpaired) electrons. The standard InChI is InChI=1S/C11H9BrN4O3/c1-6-2-3-7(4-8(6)16(18)19)15-10-9(12)11(17)14-5-13-10/h2-5H,1H3,(H2,13,14,15,17). The van der Waals surface area contributed by atoms with Gasteiger partial charge in [0.2, 0.25) is 0 Å². The Morgan fingerprint density at radius 2 is 2.21 bits per heavy atom. The molecule has 7 nitrogen and oxygen atoms in total. The predicted octanol–water partition coefficient (Wildman–Crippen LogP) is 2.49. The van der Waals surface area contributed by atoms with E-state index in [2.05, 4.69) is 31.2 Å². The lowest BCUT2D eigenvalue weighted by molar-refractivity contribution is -0.385. The SMILES string of the molecule is Cc1ccc(Nc2nc[nH]c(=O)c2Br)cc1[N+](=O)[O-]. The number of aromatic amines is 1. The molecule has 0 fully saturated rings. The summed E-state index contributed by atoms with van der Waals surface area (Å²) < 4.78 is 0.234. The fourth-order valence-electron chi connectivity index (χ4n) is 1.49. The van der Waals surface area contributed by atoms with Crippen LogP contribution in [0, 0.1) is 17.0 Å². The lowest BCUT2D eigenvalue weighted by atomic mass is 10.2. The third kappa shape index (κ3) is 2.79. The smallest absolute Gasteiger partial charge is 0.274 e. The molecule has 0 unspecified atom stereocenters. The van der Waals surface area contributed by atoms with Crippen LogP contribution in [0.5, 0.6) is 0 Å².